The second-order valence-electron chi connectivity index (χ2n) is 6.55. The van der Waals surface area contributed by atoms with Gasteiger partial charge in [-0.3, -0.25) is 9.52 Å². The van der Waals surface area contributed by atoms with E-state index in [1.165, 1.54) is 0 Å². The minimum atomic E-state index is -3.33. The molecule has 6 nitrogen and oxygen atoms in total. The van der Waals surface area contributed by atoms with E-state index in [1.54, 1.807) is 24.3 Å². The zero-order valence-corrected chi connectivity index (χ0v) is 18.1. The largest absolute Gasteiger partial charge is 0.334 e. The molecule has 8 heteroatoms. The average Bonchev–Trinajstić information content (AvgIpc) is 2.88. The minimum absolute atomic E-state index is 0.0746. The van der Waals surface area contributed by atoms with Gasteiger partial charge in [0.1, 0.15) is 6.54 Å². The highest BCUT2D eigenvalue weighted by Crippen LogP contribution is 2.30. The predicted molar refractivity (Wildman–Crippen MR) is 117 cm³/mol. The number of amides is 1. The second-order valence-corrected chi connectivity index (χ2v) is 9.18. The average molecular weight is 464 g/mol. The fourth-order valence-corrected chi connectivity index (χ4v) is 4.74. The van der Waals surface area contributed by atoms with Gasteiger partial charge in [-0.15, -0.1) is 0 Å². The number of anilines is 2. The molecule has 1 aromatic heterocycles. The summed E-state index contributed by atoms with van der Waals surface area (Å²) in [5.41, 5.74) is 3.05. The summed E-state index contributed by atoms with van der Waals surface area (Å²) in [6, 6.07) is 14.5. The Labute approximate surface area is 173 Å². The lowest BCUT2D eigenvalue weighted by Gasteiger charge is -2.11. The molecule has 0 saturated heterocycles. The summed E-state index contributed by atoms with van der Waals surface area (Å²) in [6.07, 6.45) is 0.549. The molecule has 1 amide bonds. The van der Waals surface area contributed by atoms with Crippen LogP contribution in [-0.2, 0) is 21.4 Å². The summed E-state index contributed by atoms with van der Waals surface area (Å²) in [5, 5.41) is 3.92. The number of hydrogen-bond acceptors (Lipinski definition) is 3. The van der Waals surface area contributed by atoms with Gasteiger partial charge in [0.15, 0.2) is 0 Å². The van der Waals surface area contributed by atoms with Crippen LogP contribution < -0.4 is 10.0 Å². The quantitative estimate of drug-likeness (QED) is 0.540. The molecule has 0 atom stereocenters. The van der Waals surface area contributed by atoms with Crippen LogP contribution in [0.25, 0.3) is 10.9 Å². The first kappa shape index (κ1) is 20.4. The molecule has 2 N–H and O–H groups in total. The van der Waals surface area contributed by atoms with Crippen LogP contribution in [0.15, 0.2) is 53.0 Å². The van der Waals surface area contributed by atoms with Crippen molar-refractivity contribution in [3.8, 4) is 0 Å². The number of nitrogens with one attached hydrogen (secondary N) is 2. The zero-order chi connectivity index (χ0) is 20.3. The first-order valence-corrected chi connectivity index (χ1v) is 11.4. The highest BCUT2D eigenvalue weighted by atomic mass is 79.9. The van der Waals surface area contributed by atoms with Crippen molar-refractivity contribution in [2.24, 2.45) is 0 Å². The highest BCUT2D eigenvalue weighted by Gasteiger charge is 2.14. The van der Waals surface area contributed by atoms with Crippen molar-refractivity contribution in [1.82, 2.24) is 4.57 Å². The smallest absolute Gasteiger partial charge is 0.244 e. The number of rotatable bonds is 7. The van der Waals surface area contributed by atoms with Gasteiger partial charge in [-0.1, -0.05) is 25.1 Å². The molecule has 148 valence electrons. The number of fused-ring (bicyclic) bond motifs is 1. The molecule has 0 unspecified atom stereocenters. The molecule has 0 radical (unpaired) electrons. The molecule has 0 spiro atoms. The maximum Gasteiger partial charge on any atom is 0.244 e. The van der Waals surface area contributed by atoms with Crippen molar-refractivity contribution in [2.45, 2.75) is 26.8 Å². The maximum atomic E-state index is 12.5. The number of carbonyl (C=O) groups is 1. The van der Waals surface area contributed by atoms with Gasteiger partial charge in [0, 0.05) is 32.4 Å². The van der Waals surface area contributed by atoms with E-state index in [0.29, 0.717) is 17.8 Å². The predicted octanol–water partition coefficient (Wildman–Crippen LogP) is 4.50. The molecule has 0 saturated carbocycles. The monoisotopic (exact) mass is 463 g/mol. The van der Waals surface area contributed by atoms with Crippen molar-refractivity contribution in [3.05, 3.63) is 58.7 Å². The third-order valence-corrected chi connectivity index (χ3v) is 6.86. The molecule has 28 heavy (non-hydrogen) atoms. The Kier molecular flexibility index (Phi) is 6.10. The van der Waals surface area contributed by atoms with Crippen LogP contribution in [0, 0.1) is 6.92 Å². The van der Waals surface area contributed by atoms with Crippen LogP contribution in [-0.4, -0.2) is 24.6 Å². The van der Waals surface area contributed by atoms with Crippen LogP contribution in [0.2, 0.25) is 0 Å². The molecular weight excluding hydrogens is 442 g/mol. The lowest BCUT2D eigenvalue weighted by Crippen LogP contribution is -2.19. The summed E-state index contributed by atoms with van der Waals surface area (Å²) >= 11 is 3.59. The second kappa shape index (κ2) is 8.36. The van der Waals surface area contributed by atoms with Crippen LogP contribution >= 0.6 is 15.9 Å². The number of hydrogen-bond donors (Lipinski definition) is 2. The molecule has 0 aliphatic rings. The first-order chi connectivity index (χ1) is 13.3. The summed E-state index contributed by atoms with van der Waals surface area (Å²) in [7, 11) is -3.33. The summed E-state index contributed by atoms with van der Waals surface area (Å²) in [5.74, 6) is -0.0822. The third kappa shape index (κ3) is 4.56. The van der Waals surface area contributed by atoms with E-state index in [0.717, 1.165) is 21.1 Å². The Morgan fingerprint density at radius 2 is 1.71 bits per heavy atom. The number of carbonyl (C=O) groups excluding carboxylic acids is 1. The Morgan fingerprint density at radius 1 is 1.07 bits per heavy atom. The summed E-state index contributed by atoms with van der Waals surface area (Å²) in [6.45, 7) is 3.96. The zero-order valence-electron chi connectivity index (χ0n) is 15.7. The molecule has 3 aromatic rings. The Morgan fingerprint density at radius 3 is 2.39 bits per heavy atom. The van der Waals surface area contributed by atoms with Crippen molar-refractivity contribution in [3.63, 3.8) is 0 Å². The van der Waals surface area contributed by atoms with Crippen molar-refractivity contribution < 1.29 is 13.2 Å². The van der Waals surface area contributed by atoms with Gasteiger partial charge >= 0.3 is 0 Å². The normalized spacial score (nSPS) is 11.5. The highest BCUT2D eigenvalue weighted by molar-refractivity contribution is 9.10. The van der Waals surface area contributed by atoms with Gasteiger partial charge in [0.05, 0.1) is 5.75 Å². The fourth-order valence-electron chi connectivity index (χ4n) is 3.06. The number of benzene rings is 2. The van der Waals surface area contributed by atoms with Crippen LogP contribution in [0.4, 0.5) is 11.4 Å². The van der Waals surface area contributed by atoms with E-state index in [-0.39, 0.29) is 18.2 Å². The third-order valence-electron chi connectivity index (χ3n) is 4.37. The Balaban J connectivity index is 1.70. The van der Waals surface area contributed by atoms with E-state index in [2.05, 4.69) is 26.0 Å². The van der Waals surface area contributed by atoms with E-state index < -0.39 is 10.0 Å². The van der Waals surface area contributed by atoms with Crippen molar-refractivity contribution in [2.75, 3.05) is 15.8 Å². The molecule has 0 aliphatic carbocycles. The number of nitrogens with zero attached hydrogens (tertiary/aromatic N) is 1. The maximum absolute atomic E-state index is 12.5. The van der Waals surface area contributed by atoms with E-state index in [1.807, 2.05) is 42.7 Å². The lowest BCUT2D eigenvalue weighted by atomic mass is 10.2. The van der Waals surface area contributed by atoms with Crippen LogP contribution in [0.5, 0.6) is 0 Å². The van der Waals surface area contributed by atoms with Crippen LogP contribution in [0.1, 0.15) is 19.0 Å². The topological polar surface area (TPSA) is 80.2 Å². The molecular formula is C20H22BrN3O3S. The fraction of sp³-hybridized carbons (Fsp3) is 0.250. The SMILES string of the molecule is CCCS(=O)(=O)Nc1ccc(NC(=O)Cn2c(C)c(Br)c3ccccc32)cc1. The Hall–Kier alpha value is -2.32. The van der Waals surface area contributed by atoms with Gasteiger partial charge in [-0.25, -0.2) is 8.42 Å². The van der Waals surface area contributed by atoms with Gasteiger partial charge in [-0.2, -0.15) is 0 Å². The van der Waals surface area contributed by atoms with Crippen molar-refractivity contribution in [1.29, 1.82) is 0 Å². The standard InChI is InChI=1S/C20H22BrN3O3S/c1-3-12-28(26,27)23-16-10-8-15(9-11-16)22-19(25)13-24-14(2)20(21)17-6-4-5-7-18(17)24/h4-11,23H,3,12-13H2,1-2H3,(H,22,25). The number of sulfonamides is 1. The Bertz CT molecular complexity index is 1110. The molecule has 0 bridgehead atoms. The molecule has 2 aromatic carbocycles. The number of aromatic nitrogens is 1. The first-order valence-electron chi connectivity index (χ1n) is 8.94. The summed E-state index contributed by atoms with van der Waals surface area (Å²) in [4.78, 5) is 12.5. The van der Waals surface area contributed by atoms with E-state index in [4.69, 9.17) is 0 Å². The van der Waals surface area contributed by atoms with Crippen molar-refractivity contribution >= 4 is 54.1 Å². The van der Waals surface area contributed by atoms with E-state index in [9.17, 15) is 13.2 Å². The lowest BCUT2D eigenvalue weighted by molar-refractivity contribution is -0.116. The molecule has 3 rings (SSSR count). The molecule has 1 heterocycles. The van der Waals surface area contributed by atoms with Gasteiger partial charge in [0.2, 0.25) is 15.9 Å². The van der Waals surface area contributed by atoms with Gasteiger partial charge in [0.25, 0.3) is 0 Å². The number of halogens is 1. The van der Waals surface area contributed by atoms with E-state index >= 15 is 0 Å². The van der Waals surface area contributed by atoms with Crippen LogP contribution in [0.3, 0.4) is 0 Å². The molecule has 0 fully saturated rings. The molecule has 0 aliphatic heterocycles. The minimum Gasteiger partial charge on any atom is -0.334 e. The summed E-state index contributed by atoms with van der Waals surface area (Å²) < 4.78 is 29.1. The van der Waals surface area contributed by atoms with Gasteiger partial charge < -0.3 is 9.88 Å². The van der Waals surface area contributed by atoms with Gasteiger partial charge in [-0.05, 0) is 59.6 Å². The number of para-hydroxylation sites is 1.